The van der Waals surface area contributed by atoms with E-state index < -0.39 is 9.84 Å². The molecule has 0 amide bonds. The smallest absolute Gasteiger partial charge is 0.209 e. The summed E-state index contributed by atoms with van der Waals surface area (Å²) in [6, 6.07) is 6.31. The summed E-state index contributed by atoms with van der Waals surface area (Å²) < 4.78 is 22.4. The number of aliphatic imine (C=N–C) groups is 1. The molecular formula is C9H14N4O2S. The minimum Gasteiger partial charge on any atom is -0.325 e. The molecule has 0 saturated heterocycles. The molecule has 0 unspecified atom stereocenters. The van der Waals surface area contributed by atoms with Gasteiger partial charge in [-0.15, -0.1) is 0 Å². The van der Waals surface area contributed by atoms with Crippen molar-refractivity contribution in [3.05, 3.63) is 24.3 Å². The van der Waals surface area contributed by atoms with E-state index in [1.165, 1.54) is 12.1 Å². The second-order valence-corrected chi connectivity index (χ2v) is 5.15. The average molecular weight is 242 g/mol. The van der Waals surface area contributed by atoms with Gasteiger partial charge in [-0.25, -0.2) is 14.3 Å². The van der Waals surface area contributed by atoms with Gasteiger partial charge in [0.05, 0.1) is 4.90 Å². The van der Waals surface area contributed by atoms with Crippen molar-refractivity contribution >= 4 is 21.5 Å². The van der Waals surface area contributed by atoms with Crippen LogP contribution in [0.15, 0.2) is 34.2 Å². The van der Waals surface area contributed by atoms with Gasteiger partial charge in [-0.2, -0.15) is 0 Å². The van der Waals surface area contributed by atoms with Crippen LogP contribution in [0.4, 0.5) is 5.69 Å². The van der Waals surface area contributed by atoms with Crippen molar-refractivity contribution in [2.75, 3.05) is 18.6 Å². The predicted octanol–water partition coefficient (Wildman–Crippen LogP) is -0.0489. The molecule has 0 bridgehead atoms. The number of rotatable bonds is 2. The summed E-state index contributed by atoms with van der Waals surface area (Å²) in [4.78, 5) is 4.10. The summed E-state index contributed by atoms with van der Waals surface area (Å²) in [5, 5.41) is 2.88. The molecule has 0 aliphatic rings. The normalized spacial score (nSPS) is 12.3. The SMILES string of the molecule is CN=C(NN)Nc1ccc(S(C)(=O)=O)cc1. The predicted molar refractivity (Wildman–Crippen MR) is 63.9 cm³/mol. The molecule has 7 heteroatoms. The van der Waals surface area contributed by atoms with Gasteiger partial charge in [-0.1, -0.05) is 0 Å². The van der Waals surface area contributed by atoms with Crippen LogP contribution in [0.2, 0.25) is 0 Å². The third-order valence-electron chi connectivity index (χ3n) is 1.91. The van der Waals surface area contributed by atoms with E-state index in [0.717, 1.165) is 6.26 Å². The molecule has 4 N–H and O–H groups in total. The Morgan fingerprint density at radius 2 is 1.88 bits per heavy atom. The largest absolute Gasteiger partial charge is 0.325 e. The molecule has 0 heterocycles. The first-order valence-electron chi connectivity index (χ1n) is 4.48. The lowest BCUT2D eigenvalue weighted by Gasteiger charge is -2.08. The summed E-state index contributed by atoms with van der Waals surface area (Å²) in [6.45, 7) is 0. The van der Waals surface area contributed by atoms with E-state index in [2.05, 4.69) is 15.7 Å². The van der Waals surface area contributed by atoms with Crippen LogP contribution in [-0.2, 0) is 9.84 Å². The lowest BCUT2D eigenvalue weighted by molar-refractivity contribution is 0.602. The Balaban J connectivity index is 2.88. The second kappa shape index (κ2) is 4.95. The Kier molecular flexibility index (Phi) is 3.86. The monoisotopic (exact) mass is 242 g/mol. The van der Waals surface area contributed by atoms with Crippen molar-refractivity contribution in [2.45, 2.75) is 4.90 Å². The molecule has 0 spiro atoms. The maximum atomic E-state index is 11.2. The van der Waals surface area contributed by atoms with Gasteiger partial charge in [0.2, 0.25) is 5.96 Å². The van der Waals surface area contributed by atoms with Crippen LogP contribution in [0, 0.1) is 0 Å². The Morgan fingerprint density at radius 1 is 1.31 bits per heavy atom. The second-order valence-electron chi connectivity index (χ2n) is 3.14. The molecule has 0 saturated carbocycles. The van der Waals surface area contributed by atoms with Crippen molar-refractivity contribution < 1.29 is 8.42 Å². The fourth-order valence-electron chi connectivity index (χ4n) is 1.08. The van der Waals surface area contributed by atoms with E-state index in [1.807, 2.05) is 0 Å². The van der Waals surface area contributed by atoms with E-state index >= 15 is 0 Å². The average Bonchev–Trinajstić information content (AvgIpc) is 2.25. The highest BCUT2D eigenvalue weighted by Gasteiger charge is 2.06. The van der Waals surface area contributed by atoms with Gasteiger partial charge in [0, 0.05) is 19.0 Å². The molecule has 0 aliphatic heterocycles. The number of benzene rings is 1. The highest BCUT2D eigenvalue weighted by atomic mass is 32.2. The van der Waals surface area contributed by atoms with Crippen LogP contribution >= 0.6 is 0 Å². The zero-order valence-electron chi connectivity index (χ0n) is 9.06. The summed E-state index contributed by atoms with van der Waals surface area (Å²) in [5.41, 5.74) is 3.07. The van der Waals surface area contributed by atoms with Gasteiger partial charge in [0.25, 0.3) is 0 Å². The summed E-state index contributed by atoms with van der Waals surface area (Å²) in [5.74, 6) is 5.59. The van der Waals surface area contributed by atoms with Crippen molar-refractivity contribution in [2.24, 2.45) is 10.8 Å². The Morgan fingerprint density at radius 3 is 2.25 bits per heavy atom. The van der Waals surface area contributed by atoms with Gasteiger partial charge < -0.3 is 5.32 Å². The molecule has 0 fully saturated rings. The quantitative estimate of drug-likeness (QED) is 0.292. The Hall–Kier alpha value is -1.60. The first-order valence-corrected chi connectivity index (χ1v) is 6.37. The molecule has 0 atom stereocenters. The fourth-order valence-corrected chi connectivity index (χ4v) is 1.71. The van der Waals surface area contributed by atoms with Crippen LogP contribution in [0.3, 0.4) is 0 Å². The number of nitrogens with two attached hydrogens (primary N) is 1. The summed E-state index contributed by atoms with van der Waals surface area (Å²) in [7, 11) is -1.58. The number of hydrogen-bond donors (Lipinski definition) is 3. The van der Waals surface area contributed by atoms with Gasteiger partial charge >= 0.3 is 0 Å². The zero-order valence-corrected chi connectivity index (χ0v) is 9.88. The van der Waals surface area contributed by atoms with Gasteiger partial charge in [-0.3, -0.25) is 10.4 Å². The molecule has 0 aliphatic carbocycles. The van der Waals surface area contributed by atoms with Crippen LogP contribution in [-0.4, -0.2) is 27.7 Å². The number of nitrogens with one attached hydrogen (secondary N) is 2. The number of nitrogens with zero attached hydrogens (tertiary/aromatic N) is 1. The van der Waals surface area contributed by atoms with E-state index in [9.17, 15) is 8.42 Å². The van der Waals surface area contributed by atoms with Crippen molar-refractivity contribution in [1.29, 1.82) is 0 Å². The number of hydrazine groups is 1. The van der Waals surface area contributed by atoms with Crippen molar-refractivity contribution in [3.63, 3.8) is 0 Å². The molecule has 0 aromatic heterocycles. The lowest BCUT2D eigenvalue weighted by atomic mass is 10.3. The van der Waals surface area contributed by atoms with Crippen molar-refractivity contribution in [3.8, 4) is 0 Å². The lowest BCUT2D eigenvalue weighted by Crippen LogP contribution is -2.36. The minimum atomic E-state index is -3.16. The number of sulfone groups is 1. The van der Waals surface area contributed by atoms with Gasteiger partial charge in [-0.05, 0) is 24.3 Å². The highest BCUT2D eigenvalue weighted by Crippen LogP contribution is 2.13. The third kappa shape index (κ3) is 3.21. The maximum Gasteiger partial charge on any atom is 0.209 e. The molecule has 1 rings (SSSR count). The first kappa shape index (κ1) is 12.5. The third-order valence-corrected chi connectivity index (χ3v) is 3.03. The van der Waals surface area contributed by atoms with Crippen LogP contribution in [0.25, 0.3) is 0 Å². The minimum absolute atomic E-state index is 0.272. The van der Waals surface area contributed by atoms with Crippen LogP contribution < -0.4 is 16.6 Å². The van der Waals surface area contributed by atoms with Crippen molar-refractivity contribution in [1.82, 2.24) is 5.43 Å². The number of anilines is 1. The van der Waals surface area contributed by atoms with Crippen LogP contribution in [0.1, 0.15) is 0 Å². The molecule has 16 heavy (non-hydrogen) atoms. The number of hydrogen-bond acceptors (Lipinski definition) is 4. The maximum absolute atomic E-state index is 11.2. The molecule has 1 aromatic carbocycles. The molecule has 6 nitrogen and oxygen atoms in total. The van der Waals surface area contributed by atoms with E-state index in [0.29, 0.717) is 11.6 Å². The Labute approximate surface area is 94.5 Å². The highest BCUT2D eigenvalue weighted by molar-refractivity contribution is 7.90. The summed E-state index contributed by atoms with van der Waals surface area (Å²) in [6.07, 6.45) is 1.16. The standard InChI is InChI=1S/C9H14N4O2S/c1-11-9(13-10)12-7-3-5-8(6-4-7)16(2,14)15/h3-6H,10H2,1-2H3,(H2,11,12,13). The molecule has 88 valence electrons. The van der Waals surface area contributed by atoms with Crippen LogP contribution in [0.5, 0.6) is 0 Å². The molecule has 1 aromatic rings. The van der Waals surface area contributed by atoms with E-state index in [1.54, 1.807) is 19.2 Å². The zero-order chi connectivity index (χ0) is 12.2. The topological polar surface area (TPSA) is 96.6 Å². The summed E-state index contributed by atoms with van der Waals surface area (Å²) >= 11 is 0. The number of guanidine groups is 1. The Bertz CT molecular complexity index is 479. The van der Waals surface area contributed by atoms with Gasteiger partial charge in [0.15, 0.2) is 9.84 Å². The van der Waals surface area contributed by atoms with Gasteiger partial charge in [0.1, 0.15) is 0 Å². The van der Waals surface area contributed by atoms with E-state index in [4.69, 9.17) is 5.84 Å². The molecule has 0 radical (unpaired) electrons. The fraction of sp³-hybridized carbons (Fsp3) is 0.222. The van der Waals surface area contributed by atoms with E-state index in [-0.39, 0.29) is 4.90 Å². The first-order chi connectivity index (χ1) is 7.47. The molecular weight excluding hydrogens is 228 g/mol.